The highest BCUT2D eigenvalue weighted by atomic mass is 79.9. The quantitative estimate of drug-likeness (QED) is 0.771. The summed E-state index contributed by atoms with van der Waals surface area (Å²) in [6, 6.07) is 8.88. The molecule has 0 fully saturated rings. The van der Waals surface area contributed by atoms with E-state index < -0.39 is 6.04 Å². The number of hydrogen-bond donors (Lipinski definition) is 1. The van der Waals surface area contributed by atoms with Crippen molar-refractivity contribution in [3.05, 3.63) is 34.3 Å². The van der Waals surface area contributed by atoms with Crippen LogP contribution in [0.4, 0.5) is 0 Å². The van der Waals surface area contributed by atoms with Crippen molar-refractivity contribution in [1.82, 2.24) is 0 Å². The molecule has 0 amide bonds. The van der Waals surface area contributed by atoms with Crippen molar-refractivity contribution in [3.8, 4) is 6.07 Å². The van der Waals surface area contributed by atoms with Crippen molar-refractivity contribution in [2.75, 3.05) is 0 Å². The van der Waals surface area contributed by atoms with Crippen LogP contribution in [0.1, 0.15) is 11.6 Å². The molecule has 1 rings (SSSR count). The molecule has 0 aliphatic carbocycles. The summed E-state index contributed by atoms with van der Waals surface area (Å²) >= 11 is 3.31. The van der Waals surface area contributed by atoms with Crippen LogP contribution in [0.5, 0.6) is 0 Å². The molecule has 56 valence electrons. The van der Waals surface area contributed by atoms with E-state index in [1.807, 2.05) is 30.3 Å². The second-order valence-electron chi connectivity index (χ2n) is 2.13. The lowest BCUT2D eigenvalue weighted by Crippen LogP contribution is -2.07. The second kappa shape index (κ2) is 3.51. The number of nitrogens with two attached hydrogens (primary N) is 1. The first-order valence-electron chi connectivity index (χ1n) is 3.15. The van der Waals surface area contributed by atoms with Crippen LogP contribution < -0.4 is 5.73 Å². The topological polar surface area (TPSA) is 49.8 Å². The van der Waals surface area contributed by atoms with E-state index in [4.69, 9.17) is 11.0 Å². The molecule has 0 radical (unpaired) electrons. The van der Waals surface area contributed by atoms with Crippen molar-refractivity contribution in [2.24, 2.45) is 5.73 Å². The molecular formula is C8H7BrN2. The fourth-order valence-corrected chi connectivity index (χ4v) is 1.33. The molecule has 0 bridgehead atoms. The molecule has 3 heteroatoms. The molecule has 1 atom stereocenters. The zero-order chi connectivity index (χ0) is 8.27. The van der Waals surface area contributed by atoms with Crippen molar-refractivity contribution < 1.29 is 0 Å². The molecule has 11 heavy (non-hydrogen) atoms. The Morgan fingerprint density at radius 3 is 2.64 bits per heavy atom. The van der Waals surface area contributed by atoms with E-state index in [2.05, 4.69) is 15.9 Å². The zero-order valence-electron chi connectivity index (χ0n) is 5.79. The Balaban J connectivity index is 3.05. The third-order valence-electron chi connectivity index (χ3n) is 1.38. The van der Waals surface area contributed by atoms with Crippen molar-refractivity contribution in [2.45, 2.75) is 6.04 Å². The highest BCUT2D eigenvalue weighted by molar-refractivity contribution is 9.10. The van der Waals surface area contributed by atoms with Gasteiger partial charge in [0.2, 0.25) is 0 Å². The lowest BCUT2D eigenvalue weighted by molar-refractivity contribution is 0.920. The molecule has 0 heterocycles. The lowest BCUT2D eigenvalue weighted by Gasteiger charge is -2.03. The Bertz CT molecular complexity index is 290. The third-order valence-corrected chi connectivity index (χ3v) is 2.10. The van der Waals surface area contributed by atoms with Gasteiger partial charge in [0.25, 0.3) is 0 Å². The summed E-state index contributed by atoms with van der Waals surface area (Å²) in [5, 5.41) is 8.52. The van der Waals surface area contributed by atoms with Crippen LogP contribution in [0.15, 0.2) is 28.7 Å². The van der Waals surface area contributed by atoms with Crippen LogP contribution in [-0.4, -0.2) is 0 Å². The van der Waals surface area contributed by atoms with Gasteiger partial charge in [-0.25, -0.2) is 0 Å². The largest absolute Gasteiger partial charge is 0.312 e. The van der Waals surface area contributed by atoms with Gasteiger partial charge in [0, 0.05) is 4.47 Å². The van der Waals surface area contributed by atoms with Crippen molar-refractivity contribution >= 4 is 15.9 Å². The molecule has 0 aliphatic rings. The molecule has 0 aliphatic heterocycles. The van der Waals surface area contributed by atoms with E-state index in [1.165, 1.54) is 0 Å². The molecule has 1 aromatic carbocycles. The minimum Gasteiger partial charge on any atom is -0.312 e. The predicted octanol–water partition coefficient (Wildman–Crippen LogP) is 1.97. The average Bonchev–Trinajstić information content (AvgIpc) is 2.04. The van der Waals surface area contributed by atoms with Crippen molar-refractivity contribution in [1.29, 1.82) is 5.26 Å². The van der Waals surface area contributed by atoms with Crippen LogP contribution in [-0.2, 0) is 0 Å². The molecule has 2 nitrogen and oxygen atoms in total. The lowest BCUT2D eigenvalue weighted by atomic mass is 10.1. The standard InChI is InChI=1S/C8H7BrN2/c9-7-4-2-1-3-6(7)8(11)5-10/h1-4,8H,11H2/t8-/m0/s1. The van der Waals surface area contributed by atoms with Gasteiger partial charge in [-0.2, -0.15) is 5.26 Å². The maximum absolute atomic E-state index is 8.52. The van der Waals surface area contributed by atoms with Gasteiger partial charge in [-0.15, -0.1) is 0 Å². The number of nitrogens with zero attached hydrogens (tertiary/aromatic N) is 1. The molecule has 0 spiro atoms. The summed E-state index contributed by atoms with van der Waals surface area (Å²) in [5.74, 6) is 0. The van der Waals surface area contributed by atoms with E-state index >= 15 is 0 Å². The van der Waals surface area contributed by atoms with E-state index in [0.29, 0.717) is 0 Å². The van der Waals surface area contributed by atoms with Gasteiger partial charge in [-0.3, -0.25) is 0 Å². The summed E-state index contributed by atoms with van der Waals surface area (Å²) < 4.78 is 0.883. The van der Waals surface area contributed by atoms with E-state index in [1.54, 1.807) is 0 Å². The van der Waals surface area contributed by atoms with Gasteiger partial charge in [-0.05, 0) is 11.6 Å². The maximum Gasteiger partial charge on any atom is 0.119 e. The second-order valence-corrected chi connectivity index (χ2v) is 2.98. The number of halogens is 1. The van der Waals surface area contributed by atoms with Gasteiger partial charge in [-0.1, -0.05) is 34.1 Å². The Morgan fingerprint density at radius 1 is 1.45 bits per heavy atom. The zero-order valence-corrected chi connectivity index (χ0v) is 7.38. The third kappa shape index (κ3) is 1.79. The minimum absolute atomic E-state index is 0.537. The van der Waals surface area contributed by atoms with Gasteiger partial charge >= 0.3 is 0 Å². The smallest absolute Gasteiger partial charge is 0.119 e. The van der Waals surface area contributed by atoms with Crippen LogP contribution in [0.25, 0.3) is 0 Å². The SMILES string of the molecule is N#C[C@H](N)c1ccccc1Br. The number of hydrogen-bond acceptors (Lipinski definition) is 2. The van der Waals surface area contributed by atoms with Gasteiger partial charge in [0.1, 0.15) is 6.04 Å². The summed E-state index contributed by atoms with van der Waals surface area (Å²) in [5.41, 5.74) is 6.33. The van der Waals surface area contributed by atoms with Crippen LogP contribution in [0.3, 0.4) is 0 Å². The molecule has 2 N–H and O–H groups in total. The Labute approximate surface area is 73.8 Å². The van der Waals surface area contributed by atoms with E-state index in [9.17, 15) is 0 Å². The monoisotopic (exact) mass is 210 g/mol. The molecule has 0 unspecified atom stereocenters. The molecule has 1 aromatic rings. The molecule has 0 saturated carbocycles. The molecule has 0 aromatic heterocycles. The minimum atomic E-state index is -0.537. The van der Waals surface area contributed by atoms with E-state index in [-0.39, 0.29) is 0 Å². The fourth-order valence-electron chi connectivity index (χ4n) is 0.797. The van der Waals surface area contributed by atoms with Crippen LogP contribution in [0.2, 0.25) is 0 Å². The maximum atomic E-state index is 8.52. The Kier molecular flexibility index (Phi) is 2.64. The first kappa shape index (κ1) is 8.25. The summed E-state index contributed by atoms with van der Waals surface area (Å²) in [6.45, 7) is 0. The Morgan fingerprint density at radius 2 is 2.09 bits per heavy atom. The van der Waals surface area contributed by atoms with Gasteiger partial charge in [0.15, 0.2) is 0 Å². The normalized spacial score (nSPS) is 12.1. The van der Waals surface area contributed by atoms with Crippen LogP contribution in [0, 0.1) is 11.3 Å². The predicted molar refractivity (Wildman–Crippen MR) is 46.7 cm³/mol. The average molecular weight is 211 g/mol. The summed E-state index contributed by atoms with van der Waals surface area (Å²) in [4.78, 5) is 0. The Hall–Kier alpha value is -0.850. The first-order chi connectivity index (χ1) is 5.25. The summed E-state index contributed by atoms with van der Waals surface area (Å²) in [7, 11) is 0. The summed E-state index contributed by atoms with van der Waals surface area (Å²) in [6.07, 6.45) is 0. The number of nitriles is 1. The van der Waals surface area contributed by atoms with Crippen LogP contribution >= 0.6 is 15.9 Å². The fraction of sp³-hybridized carbons (Fsp3) is 0.125. The van der Waals surface area contributed by atoms with Crippen molar-refractivity contribution in [3.63, 3.8) is 0 Å². The number of rotatable bonds is 1. The molecule has 0 saturated heterocycles. The first-order valence-corrected chi connectivity index (χ1v) is 3.94. The molecular weight excluding hydrogens is 204 g/mol. The van der Waals surface area contributed by atoms with Gasteiger partial charge in [0.05, 0.1) is 6.07 Å². The van der Waals surface area contributed by atoms with Gasteiger partial charge < -0.3 is 5.73 Å². The highest BCUT2D eigenvalue weighted by Gasteiger charge is 2.06. The number of benzene rings is 1. The highest BCUT2D eigenvalue weighted by Crippen LogP contribution is 2.20. The van der Waals surface area contributed by atoms with E-state index in [0.717, 1.165) is 10.0 Å².